The summed E-state index contributed by atoms with van der Waals surface area (Å²) in [6, 6.07) is 2.23. The third-order valence-corrected chi connectivity index (χ3v) is 7.36. The van der Waals surface area contributed by atoms with Crippen molar-refractivity contribution in [1.82, 2.24) is 14.9 Å². The van der Waals surface area contributed by atoms with Gasteiger partial charge in [-0.3, -0.25) is 0 Å². The van der Waals surface area contributed by atoms with Gasteiger partial charge in [0.2, 0.25) is 10.0 Å². The van der Waals surface area contributed by atoms with Gasteiger partial charge in [-0.25, -0.2) is 13.1 Å². The summed E-state index contributed by atoms with van der Waals surface area (Å²) in [7, 11) is 0.553. The molecule has 1 aromatic heterocycles. The number of piperidine rings is 1. The van der Waals surface area contributed by atoms with Crippen molar-refractivity contribution in [2.24, 2.45) is 0 Å². The molecule has 2 N–H and O–H groups in total. The third-order valence-electron chi connectivity index (χ3n) is 4.13. The molecule has 5 nitrogen and oxygen atoms in total. The van der Waals surface area contributed by atoms with E-state index in [1.807, 2.05) is 14.0 Å². The summed E-state index contributed by atoms with van der Waals surface area (Å²) in [5.41, 5.74) is 1.03. The van der Waals surface area contributed by atoms with Crippen molar-refractivity contribution in [2.75, 3.05) is 20.6 Å². The molecule has 1 aliphatic heterocycles. The van der Waals surface area contributed by atoms with Crippen LogP contribution in [0.2, 0.25) is 0 Å². The smallest absolute Gasteiger partial charge is 0.250 e. The number of likely N-dealkylation sites (tertiary alicyclic amines) is 1. The first-order valence-electron chi connectivity index (χ1n) is 7.30. The Hall–Kier alpha value is -0.470. The monoisotopic (exact) mass is 331 g/mol. The van der Waals surface area contributed by atoms with Gasteiger partial charge in [0, 0.05) is 23.5 Å². The fraction of sp³-hybridized carbons (Fsp3) is 0.714. The summed E-state index contributed by atoms with van der Waals surface area (Å²) in [6.07, 6.45) is 1.73. The lowest BCUT2D eigenvalue weighted by Gasteiger charge is -2.35. The Labute approximate surface area is 131 Å². The second-order valence-electron chi connectivity index (χ2n) is 5.87. The van der Waals surface area contributed by atoms with Crippen LogP contribution in [0.15, 0.2) is 10.3 Å². The fourth-order valence-electron chi connectivity index (χ4n) is 2.63. The topological polar surface area (TPSA) is 61.4 Å². The third kappa shape index (κ3) is 4.04. The molecule has 2 unspecified atom stereocenters. The minimum absolute atomic E-state index is 0.0383. The van der Waals surface area contributed by atoms with Crippen LogP contribution in [0, 0.1) is 6.92 Å². The lowest BCUT2D eigenvalue weighted by Crippen LogP contribution is -2.47. The van der Waals surface area contributed by atoms with Crippen LogP contribution in [-0.2, 0) is 16.6 Å². The molecule has 0 aromatic carbocycles. The summed E-state index contributed by atoms with van der Waals surface area (Å²) in [4.78, 5) is 3.35. The molecule has 2 rings (SSSR count). The van der Waals surface area contributed by atoms with Crippen molar-refractivity contribution < 1.29 is 8.42 Å². The normalized spacial score (nSPS) is 24.4. The molecule has 0 spiro atoms. The Morgan fingerprint density at radius 2 is 2.19 bits per heavy atom. The van der Waals surface area contributed by atoms with Crippen LogP contribution >= 0.6 is 11.3 Å². The van der Waals surface area contributed by atoms with Crippen molar-refractivity contribution >= 4 is 21.4 Å². The van der Waals surface area contributed by atoms with E-state index in [-0.39, 0.29) is 6.04 Å². The highest BCUT2D eigenvalue weighted by Gasteiger charge is 2.28. The number of rotatable bonds is 5. The standard InChI is InChI=1S/C14H25N3O2S2/c1-10-7-14(20-13(10)9-15-3)21(18,19)16-12-5-6-17(4)11(2)8-12/h7,11-12,15-16H,5-6,8-9H2,1-4H3. The molecule has 1 aromatic rings. The summed E-state index contributed by atoms with van der Waals surface area (Å²) in [5.74, 6) is 0. The molecule has 120 valence electrons. The number of nitrogens with one attached hydrogen (secondary N) is 2. The zero-order valence-electron chi connectivity index (χ0n) is 13.1. The Morgan fingerprint density at radius 3 is 2.81 bits per heavy atom. The first-order chi connectivity index (χ1) is 9.83. The number of nitrogens with zero attached hydrogens (tertiary/aromatic N) is 1. The fourth-order valence-corrected chi connectivity index (χ4v) is 5.53. The van der Waals surface area contributed by atoms with Crippen LogP contribution < -0.4 is 10.0 Å². The Bertz CT molecular complexity index is 583. The first-order valence-corrected chi connectivity index (χ1v) is 9.60. The second-order valence-corrected chi connectivity index (χ2v) is 8.95. The van der Waals surface area contributed by atoms with Gasteiger partial charge in [0.1, 0.15) is 4.21 Å². The van der Waals surface area contributed by atoms with Gasteiger partial charge in [-0.2, -0.15) is 0 Å². The van der Waals surface area contributed by atoms with Gasteiger partial charge in [0.25, 0.3) is 0 Å². The second kappa shape index (κ2) is 6.75. The van der Waals surface area contributed by atoms with Crippen LogP contribution in [0.5, 0.6) is 0 Å². The van der Waals surface area contributed by atoms with Gasteiger partial charge in [0.05, 0.1) is 0 Å². The largest absolute Gasteiger partial charge is 0.315 e. The van der Waals surface area contributed by atoms with Gasteiger partial charge >= 0.3 is 0 Å². The first kappa shape index (κ1) is 16.9. The predicted octanol–water partition coefficient (Wildman–Crippen LogP) is 1.54. The number of thiophene rings is 1. The SMILES string of the molecule is CNCc1sc(S(=O)(=O)NC2CCN(C)C(C)C2)cc1C. The van der Waals surface area contributed by atoms with Crippen LogP contribution in [0.25, 0.3) is 0 Å². The highest BCUT2D eigenvalue weighted by molar-refractivity contribution is 7.91. The van der Waals surface area contributed by atoms with E-state index in [0.29, 0.717) is 16.8 Å². The molecule has 2 heterocycles. The Kier molecular flexibility index (Phi) is 5.43. The lowest BCUT2D eigenvalue weighted by molar-refractivity contribution is 0.178. The minimum Gasteiger partial charge on any atom is -0.315 e. The van der Waals surface area contributed by atoms with E-state index in [4.69, 9.17) is 0 Å². The van der Waals surface area contributed by atoms with E-state index in [1.54, 1.807) is 6.07 Å². The quantitative estimate of drug-likeness (QED) is 0.859. The maximum absolute atomic E-state index is 12.5. The van der Waals surface area contributed by atoms with Crippen molar-refractivity contribution in [1.29, 1.82) is 0 Å². The molecule has 0 radical (unpaired) electrons. The van der Waals surface area contributed by atoms with E-state index in [0.717, 1.165) is 29.8 Å². The average molecular weight is 332 g/mol. The summed E-state index contributed by atoms with van der Waals surface area (Å²) in [6.45, 7) is 5.74. The number of aryl methyl sites for hydroxylation is 1. The average Bonchev–Trinajstić information content (AvgIpc) is 2.77. The van der Waals surface area contributed by atoms with E-state index < -0.39 is 10.0 Å². The van der Waals surface area contributed by atoms with Crippen molar-refractivity contribution in [2.45, 2.75) is 49.5 Å². The number of hydrogen-bond donors (Lipinski definition) is 2. The predicted molar refractivity (Wildman–Crippen MR) is 87.3 cm³/mol. The van der Waals surface area contributed by atoms with Gasteiger partial charge in [0.15, 0.2) is 0 Å². The lowest BCUT2D eigenvalue weighted by atomic mass is 10.0. The van der Waals surface area contributed by atoms with Gasteiger partial charge in [-0.05, 0) is 59.0 Å². The minimum atomic E-state index is -3.40. The molecule has 0 aliphatic carbocycles. The van der Waals surface area contributed by atoms with Crippen LogP contribution in [0.1, 0.15) is 30.2 Å². The molecule has 0 amide bonds. The Balaban J connectivity index is 2.10. The van der Waals surface area contributed by atoms with Crippen molar-refractivity contribution in [3.05, 3.63) is 16.5 Å². The van der Waals surface area contributed by atoms with E-state index in [1.165, 1.54) is 11.3 Å². The van der Waals surface area contributed by atoms with Gasteiger partial charge in [-0.15, -0.1) is 11.3 Å². The molecule has 1 fully saturated rings. The summed E-state index contributed by atoms with van der Waals surface area (Å²) >= 11 is 1.36. The zero-order valence-corrected chi connectivity index (χ0v) is 14.8. The van der Waals surface area contributed by atoms with Crippen LogP contribution in [0.3, 0.4) is 0 Å². The van der Waals surface area contributed by atoms with Crippen molar-refractivity contribution in [3.8, 4) is 0 Å². The van der Waals surface area contributed by atoms with Crippen LogP contribution in [0.4, 0.5) is 0 Å². The zero-order chi connectivity index (χ0) is 15.6. The highest BCUT2D eigenvalue weighted by atomic mass is 32.2. The molecule has 2 atom stereocenters. The van der Waals surface area contributed by atoms with Crippen LogP contribution in [-0.4, -0.2) is 46.0 Å². The molecule has 0 saturated carbocycles. The van der Waals surface area contributed by atoms with E-state index in [9.17, 15) is 8.42 Å². The summed E-state index contributed by atoms with van der Waals surface area (Å²) in [5, 5.41) is 3.07. The molecule has 21 heavy (non-hydrogen) atoms. The maximum Gasteiger partial charge on any atom is 0.250 e. The molecule has 0 bridgehead atoms. The van der Waals surface area contributed by atoms with E-state index in [2.05, 4.69) is 28.9 Å². The van der Waals surface area contributed by atoms with Gasteiger partial charge < -0.3 is 10.2 Å². The molecule has 1 saturated heterocycles. The van der Waals surface area contributed by atoms with E-state index >= 15 is 0 Å². The van der Waals surface area contributed by atoms with Gasteiger partial charge in [-0.1, -0.05) is 0 Å². The van der Waals surface area contributed by atoms with Crippen molar-refractivity contribution in [3.63, 3.8) is 0 Å². The molecular formula is C14H25N3O2S2. The molecule has 1 aliphatic rings. The Morgan fingerprint density at radius 1 is 1.48 bits per heavy atom. The number of hydrogen-bond acceptors (Lipinski definition) is 5. The molecule has 7 heteroatoms. The molecular weight excluding hydrogens is 306 g/mol. The highest BCUT2D eigenvalue weighted by Crippen LogP contribution is 2.27. The summed E-state index contributed by atoms with van der Waals surface area (Å²) < 4.78 is 28.4. The number of sulfonamides is 1. The maximum atomic E-state index is 12.5.